The minimum atomic E-state index is -3.97. The summed E-state index contributed by atoms with van der Waals surface area (Å²) in [6.07, 6.45) is 1.51. The van der Waals surface area contributed by atoms with E-state index < -0.39 is 15.8 Å². The molecule has 188 valence electrons. The van der Waals surface area contributed by atoms with Crippen LogP contribution in [0.2, 0.25) is 5.02 Å². The van der Waals surface area contributed by atoms with E-state index in [0.717, 1.165) is 30.1 Å². The molecule has 1 aliphatic rings. The number of nitrogens with one attached hydrogen (secondary N) is 2. The number of aromatic hydroxyl groups is 3. The predicted octanol–water partition coefficient (Wildman–Crippen LogP) is 4.65. The number of benzene rings is 2. The van der Waals surface area contributed by atoms with Crippen LogP contribution in [-0.4, -0.2) is 49.9 Å². The van der Waals surface area contributed by atoms with E-state index in [9.17, 15) is 23.7 Å². The van der Waals surface area contributed by atoms with Crippen LogP contribution in [0, 0.1) is 5.92 Å². The van der Waals surface area contributed by atoms with Gasteiger partial charge in [0, 0.05) is 13.1 Å². The molecule has 0 spiro atoms. The van der Waals surface area contributed by atoms with Gasteiger partial charge in [-0.3, -0.25) is 0 Å². The number of phenols is 3. The van der Waals surface area contributed by atoms with Crippen LogP contribution in [0.5, 0.6) is 17.2 Å². The van der Waals surface area contributed by atoms with E-state index in [1.165, 1.54) is 28.6 Å². The van der Waals surface area contributed by atoms with Gasteiger partial charge in [0.1, 0.15) is 4.90 Å². The maximum Gasteiger partial charge on any atom is 0.248 e. The summed E-state index contributed by atoms with van der Waals surface area (Å²) >= 11 is 7.13. The molecule has 1 aromatic heterocycles. The van der Waals surface area contributed by atoms with Crippen molar-refractivity contribution < 1.29 is 23.7 Å². The highest BCUT2D eigenvalue weighted by Gasteiger charge is 2.33. The molecule has 0 aliphatic carbocycles. The summed E-state index contributed by atoms with van der Waals surface area (Å²) in [5.74, 6) is -0.221. The van der Waals surface area contributed by atoms with E-state index in [2.05, 4.69) is 19.4 Å². The Kier molecular flexibility index (Phi) is 7.27. The molecule has 0 bridgehead atoms. The summed E-state index contributed by atoms with van der Waals surface area (Å²) < 4.78 is 36.1. The van der Waals surface area contributed by atoms with Crippen molar-refractivity contribution in [2.24, 2.45) is 5.92 Å². The molecule has 5 N–H and O–H groups in total. The highest BCUT2D eigenvalue weighted by atomic mass is 35.5. The molecular weight excluding hydrogens is 514 g/mol. The molecule has 0 saturated carbocycles. The Bertz CT molecular complexity index is 1330. The topological polar surface area (TPSA) is 148 Å². The van der Waals surface area contributed by atoms with Crippen LogP contribution in [0.25, 0.3) is 0 Å². The van der Waals surface area contributed by atoms with Gasteiger partial charge in [0.05, 0.1) is 28.5 Å². The van der Waals surface area contributed by atoms with Gasteiger partial charge in [-0.05, 0) is 48.6 Å². The molecule has 0 amide bonds. The molecule has 2 heterocycles. The Balaban J connectivity index is 1.63. The molecule has 35 heavy (non-hydrogen) atoms. The highest BCUT2D eigenvalue weighted by molar-refractivity contribution is 7.89. The summed E-state index contributed by atoms with van der Waals surface area (Å²) in [6.45, 7) is 4.72. The molecule has 1 saturated heterocycles. The predicted molar refractivity (Wildman–Crippen MR) is 135 cm³/mol. The lowest BCUT2D eigenvalue weighted by atomic mass is 9.95. The largest absolute Gasteiger partial charge is 0.504 e. The number of rotatable bonds is 8. The zero-order valence-electron chi connectivity index (χ0n) is 19.1. The fraction of sp³-hybridized carbons (Fsp3) is 0.364. The quantitative estimate of drug-likeness (QED) is 0.258. The molecule has 13 heteroatoms. The summed E-state index contributed by atoms with van der Waals surface area (Å²) in [4.78, 5) is -0.344. The van der Waals surface area contributed by atoms with Crippen LogP contribution >= 0.6 is 23.3 Å². The van der Waals surface area contributed by atoms with Gasteiger partial charge in [0.25, 0.3) is 0 Å². The number of nitrogens with zero attached hydrogens (tertiary/aromatic N) is 3. The van der Waals surface area contributed by atoms with Gasteiger partial charge in [-0.2, -0.15) is 13.1 Å². The molecule has 10 nitrogen and oxygen atoms in total. The van der Waals surface area contributed by atoms with Crippen molar-refractivity contribution in [3.63, 3.8) is 0 Å². The average molecular weight is 540 g/mol. The third kappa shape index (κ3) is 5.10. The van der Waals surface area contributed by atoms with Crippen LogP contribution < -0.4 is 10.6 Å². The van der Waals surface area contributed by atoms with Crippen molar-refractivity contribution in [2.45, 2.75) is 37.6 Å². The van der Waals surface area contributed by atoms with E-state index in [0.29, 0.717) is 18.9 Å². The van der Waals surface area contributed by atoms with E-state index in [1.807, 2.05) is 13.8 Å². The first-order valence-corrected chi connectivity index (χ1v) is 13.5. The molecule has 1 atom stereocenters. The summed E-state index contributed by atoms with van der Waals surface area (Å²) in [7, 11) is -3.97. The molecular formula is C22H26ClN5O5S2. The van der Waals surface area contributed by atoms with Gasteiger partial charge in [-0.25, -0.2) is 8.42 Å². The van der Waals surface area contributed by atoms with E-state index in [1.54, 1.807) is 6.07 Å². The van der Waals surface area contributed by atoms with Crippen molar-refractivity contribution in [1.29, 1.82) is 0 Å². The molecule has 0 unspecified atom stereocenters. The number of halogens is 1. The summed E-state index contributed by atoms with van der Waals surface area (Å²) in [5, 5.41) is 36.6. The molecule has 1 aliphatic heterocycles. The maximum atomic E-state index is 13.1. The van der Waals surface area contributed by atoms with Crippen molar-refractivity contribution in [3.05, 3.63) is 40.9 Å². The molecule has 1 fully saturated rings. The highest BCUT2D eigenvalue weighted by Crippen LogP contribution is 2.41. The Morgan fingerprint density at radius 2 is 1.71 bits per heavy atom. The zero-order chi connectivity index (χ0) is 25.3. The Labute approximate surface area is 212 Å². The molecule has 4 rings (SSSR count). The van der Waals surface area contributed by atoms with Crippen molar-refractivity contribution in [3.8, 4) is 17.2 Å². The third-order valence-corrected chi connectivity index (χ3v) is 8.74. The monoisotopic (exact) mass is 539 g/mol. The Morgan fingerprint density at radius 1 is 1.03 bits per heavy atom. The number of sulfonamides is 1. The standard InChI is InChI=1S/C22H26ClN5O5S2/c1-12(2)18(13-5-8-16(29)17(30)11-13)25-22-21(26-34-27-22)24-15-7-6-14(23)20(19(15)31)35(32,33)28-9-3-4-10-28/h5-8,11-12,18,29-31H,3-4,9-10H2,1-2H3,(H,24,26)(H,25,27)/t18-/m1/s1. The first-order valence-electron chi connectivity index (χ1n) is 11.0. The normalized spacial score (nSPS) is 15.4. The van der Waals surface area contributed by atoms with Crippen LogP contribution in [0.15, 0.2) is 35.2 Å². The van der Waals surface area contributed by atoms with E-state index >= 15 is 0 Å². The summed E-state index contributed by atoms with van der Waals surface area (Å²) in [6, 6.07) is 7.17. The third-order valence-electron chi connectivity index (χ3n) is 5.81. The van der Waals surface area contributed by atoms with Gasteiger partial charge in [0.15, 0.2) is 28.9 Å². The summed E-state index contributed by atoms with van der Waals surface area (Å²) in [5.41, 5.74) is 0.842. The van der Waals surface area contributed by atoms with Crippen molar-refractivity contribution in [1.82, 2.24) is 13.1 Å². The average Bonchev–Trinajstić information content (AvgIpc) is 3.48. The smallest absolute Gasteiger partial charge is 0.248 e. The van der Waals surface area contributed by atoms with Gasteiger partial charge < -0.3 is 26.0 Å². The van der Waals surface area contributed by atoms with E-state index in [-0.39, 0.29) is 44.9 Å². The van der Waals surface area contributed by atoms with Crippen LogP contribution in [0.3, 0.4) is 0 Å². The number of anilines is 3. The molecule has 0 radical (unpaired) electrons. The second-order valence-corrected chi connectivity index (χ2v) is 11.4. The lowest BCUT2D eigenvalue weighted by molar-refractivity contribution is 0.402. The molecule has 2 aromatic carbocycles. The van der Waals surface area contributed by atoms with Crippen molar-refractivity contribution >= 4 is 50.7 Å². The van der Waals surface area contributed by atoms with Crippen molar-refractivity contribution in [2.75, 3.05) is 23.7 Å². The second kappa shape index (κ2) is 10.1. The minimum absolute atomic E-state index is 0.0645. The zero-order valence-corrected chi connectivity index (χ0v) is 21.5. The van der Waals surface area contributed by atoms with Crippen LogP contribution in [0.4, 0.5) is 17.3 Å². The van der Waals surface area contributed by atoms with Gasteiger partial charge >= 0.3 is 0 Å². The first-order chi connectivity index (χ1) is 16.6. The van der Waals surface area contributed by atoms with E-state index in [4.69, 9.17) is 11.6 Å². The number of hydrogen-bond acceptors (Lipinski definition) is 10. The van der Waals surface area contributed by atoms with Gasteiger partial charge in [-0.15, -0.1) is 0 Å². The lowest BCUT2D eigenvalue weighted by Crippen LogP contribution is -2.28. The fourth-order valence-corrected chi connectivity index (χ4v) is 6.55. The lowest BCUT2D eigenvalue weighted by Gasteiger charge is -2.24. The van der Waals surface area contributed by atoms with Crippen LogP contribution in [0.1, 0.15) is 38.3 Å². The minimum Gasteiger partial charge on any atom is -0.504 e. The Morgan fingerprint density at radius 3 is 2.37 bits per heavy atom. The maximum absolute atomic E-state index is 13.1. The first kappa shape index (κ1) is 25.3. The fourth-order valence-electron chi connectivity index (χ4n) is 3.96. The second-order valence-electron chi connectivity index (χ2n) is 8.58. The SMILES string of the molecule is CC(C)[C@@H](Nc1nsnc1Nc1ccc(Cl)c(S(=O)(=O)N2CCCC2)c1O)c1ccc(O)c(O)c1. The number of hydrogen-bond donors (Lipinski definition) is 5. The number of phenolic OH excluding ortho intramolecular Hbond substituents is 3. The van der Waals surface area contributed by atoms with Gasteiger partial charge in [-0.1, -0.05) is 31.5 Å². The molecule has 3 aromatic rings. The van der Waals surface area contributed by atoms with Gasteiger partial charge in [0.2, 0.25) is 10.0 Å². The van der Waals surface area contributed by atoms with Crippen LogP contribution in [-0.2, 0) is 10.0 Å². The Hall–Kier alpha value is -2.80. The number of aromatic nitrogens is 2.